The van der Waals surface area contributed by atoms with E-state index >= 15 is 0 Å². The highest BCUT2D eigenvalue weighted by molar-refractivity contribution is 6.28. The number of terminal acetylenes is 1. The molecule has 14 heteroatoms. The molecule has 0 spiro atoms. The number of amides is 1. The Balaban J connectivity index is 1.45. The maximum Gasteiger partial charge on any atom is 0.308 e. The van der Waals surface area contributed by atoms with E-state index in [0.29, 0.717) is 11.4 Å². The molecule has 1 N–H and O–H groups in total. The van der Waals surface area contributed by atoms with Crippen LogP contribution in [0, 0.1) is 26.2 Å². The molecular weight excluding hydrogens is 618 g/mol. The van der Waals surface area contributed by atoms with Crippen LogP contribution in [-0.4, -0.2) is 68.8 Å². The van der Waals surface area contributed by atoms with Crippen LogP contribution in [0.15, 0.2) is 18.5 Å². The standard InChI is InChI=1S/C32H36ClN5O8/c1-8-32(43-7,16-44-24(41)15-31(5,6)25-19(3)13-18(2)14-22(25)45-20(4)39)11-12-38-17-34-26-27(36-30(33)37-28(26)38)35-29(42)21-9-10-23(40)46-21/h1,13-14,17,21H,9-12,15-16H2,2-7H3,(H,35,36,37,42)/t21-,32?/m1/s1. The summed E-state index contributed by atoms with van der Waals surface area (Å²) in [4.78, 5) is 61.6. The fraction of sp³-hybridized carbons (Fsp3) is 0.469. The number of hydrogen-bond donors (Lipinski definition) is 1. The second kappa shape index (κ2) is 13.8. The van der Waals surface area contributed by atoms with Crippen molar-refractivity contribution in [2.75, 3.05) is 19.0 Å². The van der Waals surface area contributed by atoms with Crippen molar-refractivity contribution in [3.05, 3.63) is 40.4 Å². The highest BCUT2D eigenvalue weighted by Crippen LogP contribution is 2.38. The summed E-state index contributed by atoms with van der Waals surface area (Å²) in [6.07, 6.45) is 7.01. The minimum atomic E-state index is -1.29. The number of aromatic nitrogens is 4. The van der Waals surface area contributed by atoms with Crippen LogP contribution in [0.25, 0.3) is 11.2 Å². The molecule has 1 aromatic carbocycles. The Morgan fingerprint density at radius 2 is 1.98 bits per heavy atom. The number of imidazole rings is 1. The Morgan fingerprint density at radius 3 is 2.61 bits per heavy atom. The van der Waals surface area contributed by atoms with Gasteiger partial charge in [0.05, 0.1) is 12.7 Å². The molecule has 0 saturated carbocycles. The molecule has 3 heterocycles. The quantitative estimate of drug-likeness (QED) is 0.130. The van der Waals surface area contributed by atoms with E-state index in [0.717, 1.165) is 16.7 Å². The fourth-order valence-corrected chi connectivity index (χ4v) is 5.68. The lowest BCUT2D eigenvalue weighted by atomic mass is 9.78. The van der Waals surface area contributed by atoms with Gasteiger partial charge in [-0.3, -0.25) is 19.2 Å². The Morgan fingerprint density at radius 1 is 1.24 bits per heavy atom. The second-order valence-electron chi connectivity index (χ2n) is 11.8. The molecule has 0 bridgehead atoms. The summed E-state index contributed by atoms with van der Waals surface area (Å²) in [5.41, 5.74) is 1.08. The molecule has 2 aromatic heterocycles. The van der Waals surface area contributed by atoms with Crippen molar-refractivity contribution in [1.29, 1.82) is 0 Å². The van der Waals surface area contributed by atoms with Crippen molar-refractivity contribution < 1.29 is 38.1 Å². The van der Waals surface area contributed by atoms with E-state index in [1.165, 1.54) is 20.4 Å². The number of aryl methyl sites for hydroxylation is 3. The first-order valence-corrected chi connectivity index (χ1v) is 14.9. The molecule has 1 fully saturated rings. The SMILES string of the molecule is C#CC(CCn1cnc2c(NC(=O)[C@H]3CCC(=O)O3)nc(Cl)nc21)(COC(=O)CC(C)(C)c1c(C)cc(C)cc1OC(C)=O)OC. The van der Waals surface area contributed by atoms with E-state index < -0.39 is 40.9 Å². The molecular formula is C32H36ClN5O8. The summed E-state index contributed by atoms with van der Waals surface area (Å²) in [6.45, 7) is 8.87. The van der Waals surface area contributed by atoms with Crippen LogP contribution in [0.2, 0.25) is 5.28 Å². The average Bonchev–Trinajstić information content (AvgIpc) is 3.58. The number of ether oxygens (including phenoxy) is 4. The molecule has 2 atom stereocenters. The molecule has 1 unspecified atom stereocenters. The molecule has 0 aliphatic carbocycles. The zero-order valence-electron chi connectivity index (χ0n) is 26.6. The minimum absolute atomic E-state index is 0.0222. The van der Waals surface area contributed by atoms with Crippen LogP contribution in [0.3, 0.4) is 0 Å². The third-order valence-corrected chi connectivity index (χ3v) is 7.86. The lowest BCUT2D eigenvalue weighted by Crippen LogP contribution is -2.38. The molecule has 1 aliphatic rings. The lowest BCUT2D eigenvalue weighted by molar-refractivity contribution is -0.151. The molecule has 1 saturated heterocycles. The minimum Gasteiger partial charge on any atom is -0.461 e. The van der Waals surface area contributed by atoms with Crippen molar-refractivity contribution in [3.63, 3.8) is 0 Å². The number of cyclic esters (lactones) is 1. The van der Waals surface area contributed by atoms with Crippen molar-refractivity contribution in [2.45, 2.75) is 84.0 Å². The van der Waals surface area contributed by atoms with E-state index in [1.54, 1.807) is 10.6 Å². The summed E-state index contributed by atoms with van der Waals surface area (Å²) in [5.74, 6) is 1.10. The van der Waals surface area contributed by atoms with E-state index in [1.807, 2.05) is 33.8 Å². The van der Waals surface area contributed by atoms with Gasteiger partial charge in [0.2, 0.25) is 5.28 Å². The van der Waals surface area contributed by atoms with Gasteiger partial charge < -0.3 is 28.8 Å². The number of methoxy groups -OCH3 is 1. The van der Waals surface area contributed by atoms with Gasteiger partial charge in [-0.25, -0.2) is 4.98 Å². The third kappa shape index (κ3) is 7.81. The highest BCUT2D eigenvalue weighted by atomic mass is 35.5. The Kier molecular flexibility index (Phi) is 10.3. The van der Waals surface area contributed by atoms with Crippen molar-refractivity contribution in [3.8, 4) is 18.1 Å². The van der Waals surface area contributed by atoms with Crippen molar-refractivity contribution in [1.82, 2.24) is 19.5 Å². The zero-order chi connectivity index (χ0) is 33.8. The van der Waals surface area contributed by atoms with Gasteiger partial charge in [-0.1, -0.05) is 25.8 Å². The van der Waals surface area contributed by atoms with E-state index in [2.05, 4.69) is 26.2 Å². The topological polar surface area (TPSA) is 161 Å². The number of hydrogen-bond acceptors (Lipinski definition) is 11. The van der Waals surface area contributed by atoms with Crippen LogP contribution in [0.1, 0.15) is 63.1 Å². The van der Waals surface area contributed by atoms with Gasteiger partial charge in [-0.05, 0) is 42.6 Å². The molecule has 4 rings (SSSR count). The number of esters is 3. The molecule has 0 radical (unpaired) electrons. The van der Waals surface area contributed by atoms with Crippen LogP contribution in [-0.2, 0) is 45.3 Å². The van der Waals surface area contributed by atoms with E-state index in [9.17, 15) is 19.2 Å². The largest absolute Gasteiger partial charge is 0.461 e. The summed E-state index contributed by atoms with van der Waals surface area (Å²) in [5, 5.41) is 2.47. The van der Waals surface area contributed by atoms with Gasteiger partial charge in [0, 0.05) is 50.8 Å². The predicted octanol–water partition coefficient (Wildman–Crippen LogP) is 3.99. The normalized spacial score (nSPS) is 16.0. The number of carbonyl (C=O) groups excluding carboxylic acids is 4. The van der Waals surface area contributed by atoms with E-state index in [-0.39, 0.29) is 55.5 Å². The van der Waals surface area contributed by atoms with Crippen LogP contribution < -0.4 is 10.1 Å². The summed E-state index contributed by atoms with van der Waals surface area (Å²) in [6, 6.07) is 3.73. The molecule has 244 valence electrons. The smallest absolute Gasteiger partial charge is 0.308 e. The van der Waals surface area contributed by atoms with E-state index in [4.69, 9.17) is 37.0 Å². The number of nitrogens with zero attached hydrogens (tertiary/aromatic N) is 4. The summed E-state index contributed by atoms with van der Waals surface area (Å²) < 4.78 is 23.5. The zero-order valence-corrected chi connectivity index (χ0v) is 27.3. The monoisotopic (exact) mass is 653 g/mol. The van der Waals surface area contributed by atoms with Gasteiger partial charge in [-0.15, -0.1) is 6.42 Å². The summed E-state index contributed by atoms with van der Waals surface area (Å²) >= 11 is 6.16. The summed E-state index contributed by atoms with van der Waals surface area (Å²) in [7, 11) is 1.42. The Bertz CT molecular complexity index is 1730. The maximum absolute atomic E-state index is 13.1. The van der Waals surface area contributed by atoms with Crippen LogP contribution in [0.4, 0.5) is 5.82 Å². The molecule has 13 nitrogen and oxygen atoms in total. The average molecular weight is 654 g/mol. The van der Waals surface area contributed by atoms with Gasteiger partial charge in [0.1, 0.15) is 12.4 Å². The Hall–Kier alpha value is -4.54. The molecule has 46 heavy (non-hydrogen) atoms. The number of rotatable bonds is 12. The van der Waals surface area contributed by atoms with Crippen molar-refractivity contribution >= 4 is 52.4 Å². The van der Waals surface area contributed by atoms with Gasteiger partial charge in [0.15, 0.2) is 28.7 Å². The molecule has 3 aromatic rings. The van der Waals surface area contributed by atoms with Crippen LogP contribution >= 0.6 is 11.6 Å². The lowest BCUT2D eigenvalue weighted by Gasteiger charge is -2.30. The van der Waals surface area contributed by atoms with Crippen LogP contribution in [0.5, 0.6) is 5.75 Å². The number of anilines is 1. The predicted molar refractivity (Wildman–Crippen MR) is 167 cm³/mol. The first-order valence-electron chi connectivity index (χ1n) is 14.5. The fourth-order valence-electron chi connectivity index (χ4n) is 5.51. The first-order chi connectivity index (χ1) is 21.7. The molecule has 1 aliphatic heterocycles. The third-order valence-electron chi connectivity index (χ3n) is 7.69. The van der Waals surface area contributed by atoms with Crippen molar-refractivity contribution in [2.24, 2.45) is 0 Å². The first kappa shape index (κ1) is 34.3. The Labute approximate surface area is 271 Å². The second-order valence-corrected chi connectivity index (χ2v) is 12.2. The number of carbonyl (C=O) groups is 4. The van der Waals surface area contributed by atoms with Gasteiger partial charge >= 0.3 is 17.9 Å². The number of nitrogens with one attached hydrogen (secondary N) is 1. The maximum atomic E-state index is 13.1. The molecule has 1 amide bonds. The number of benzene rings is 1. The number of fused-ring (bicyclic) bond motifs is 1. The van der Waals surface area contributed by atoms with Gasteiger partial charge in [-0.2, -0.15) is 9.97 Å². The number of halogens is 1. The highest BCUT2D eigenvalue weighted by Gasteiger charge is 2.34. The van der Waals surface area contributed by atoms with Gasteiger partial charge in [0.25, 0.3) is 5.91 Å².